The second-order valence-corrected chi connectivity index (χ2v) is 3.34. The standard InChI is InChI=1S/C11H11FN2O/c1-7(13)11-14-10(6-15-11)8-4-2-3-5-9(8)12/h2-7H,13H2,1H3. The molecule has 0 aliphatic rings. The molecule has 1 aromatic carbocycles. The Labute approximate surface area is 86.7 Å². The summed E-state index contributed by atoms with van der Waals surface area (Å²) in [5.41, 5.74) is 6.49. The SMILES string of the molecule is CC(N)c1nc(-c2ccccc2F)co1. The summed E-state index contributed by atoms with van der Waals surface area (Å²) in [4.78, 5) is 4.11. The summed E-state index contributed by atoms with van der Waals surface area (Å²) in [5, 5.41) is 0. The monoisotopic (exact) mass is 206 g/mol. The van der Waals surface area contributed by atoms with Crippen molar-refractivity contribution in [1.29, 1.82) is 0 Å². The second kappa shape index (κ2) is 3.82. The van der Waals surface area contributed by atoms with E-state index in [1.807, 2.05) is 0 Å². The van der Waals surface area contributed by atoms with Gasteiger partial charge in [0.25, 0.3) is 0 Å². The maximum absolute atomic E-state index is 13.4. The molecule has 0 saturated carbocycles. The summed E-state index contributed by atoms with van der Waals surface area (Å²) in [6, 6.07) is 6.13. The van der Waals surface area contributed by atoms with Gasteiger partial charge in [-0.15, -0.1) is 0 Å². The van der Waals surface area contributed by atoms with Crippen LogP contribution in [0.1, 0.15) is 18.9 Å². The Bertz CT molecular complexity index is 465. The Morgan fingerprint density at radius 3 is 2.73 bits per heavy atom. The summed E-state index contributed by atoms with van der Waals surface area (Å²) >= 11 is 0. The molecule has 0 bridgehead atoms. The number of halogens is 1. The fraction of sp³-hybridized carbons (Fsp3) is 0.182. The third-order valence-corrected chi connectivity index (χ3v) is 2.06. The van der Waals surface area contributed by atoms with Gasteiger partial charge in [-0.25, -0.2) is 9.37 Å². The first-order chi connectivity index (χ1) is 7.18. The average Bonchev–Trinajstić information content (AvgIpc) is 2.67. The number of hydrogen-bond donors (Lipinski definition) is 1. The van der Waals surface area contributed by atoms with Crippen molar-refractivity contribution in [3.63, 3.8) is 0 Å². The number of hydrogen-bond acceptors (Lipinski definition) is 3. The van der Waals surface area contributed by atoms with E-state index < -0.39 is 0 Å². The van der Waals surface area contributed by atoms with Gasteiger partial charge in [-0.05, 0) is 19.1 Å². The van der Waals surface area contributed by atoms with E-state index in [1.165, 1.54) is 12.3 Å². The fourth-order valence-corrected chi connectivity index (χ4v) is 1.29. The van der Waals surface area contributed by atoms with E-state index in [2.05, 4.69) is 4.98 Å². The Balaban J connectivity index is 2.42. The van der Waals surface area contributed by atoms with Crippen LogP contribution in [0, 0.1) is 5.82 Å². The van der Waals surface area contributed by atoms with Gasteiger partial charge in [0.15, 0.2) is 0 Å². The lowest BCUT2D eigenvalue weighted by Gasteiger charge is -1.97. The van der Waals surface area contributed by atoms with Crippen molar-refractivity contribution in [1.82, 2.24) is 4.98 Å². The summed E-state index contributed by atoms with van der Waals surface area (Å²) in [6.45, 7) is 1.76. The Kier molecular flexibility index (Phi) is 2.51. The van der Waals surface area contributed by atoms with Gasteiger partial charge in [-0.2, -0.15) is 0 Å². The molecule has 4 heteroatoms. The van der Waals surface area contributed by atoms with Crippen LogP contribution < -0.4 is 5.73 Å². The number of benzene rings is 1. The first-order valence-corrected chi connectivity index (χ1v) is 4.64. The number of rotatable bonds is 2. The minimum Gasteiger partial charge on any atom is -0.447 e. The van der Waals surface area contributed by atoms with Crippen LogP contribution in [0.4, 0.5) is 4.39 Å². The highest BCUT2D eigenvalue weighted by molar-refractivity contribution is 5.58. The smallest absolute Gasteiger partial charge is 0.211 e. The van der Waals surface area contributed by atoms with E-state index in [-0.39, 0.29) is 11.9 Å². The van der Waals surface area contributed by atoms with Gasteiger partial charge in [0.1, 0.15) is 17.8 Å². The van der Waals surface area contributed by atoms with Crippen LogP contribution in [-0.2, 0) is 0 Å². The molecule has 1 heterocycles. The van der Waals surface area contributed by atoms with Crippen LogP contribution in [0.3, 0.4) is 0 Å². The van der Waals surface area contributed by atoms with Crippen molar-refractivity contribution in [3.05, 3.63) is 42.2 Å². The lowest BCUT2D eigenvalue weighted by Crippen LogP contribution is -2.04. The minimum absolute atomic E-state index is 0.287. The maximum atomic E-state index is 13.4. The molecule has 2 aromatic rings. The van der Waals surface area contributed by atoms with Crippen LogP contribution in [-0.4, -0.2) is 4.98 Å². The first-order valence-electron chi connectivity index (χ1n) is 4.64. The molecule has 2 N–H and O–H groups in total. The quantitative estimate of drug-likeness (QED) is 0.821. The Hall–Kier alpha value is -1.68. The third-order valence-electron chi connectivity index (χ3n) is 2.06. The molecule has 0 saturated heterocycles. The largest absolute Gasteiger partial charge is 0.447 e. The number of nitrogens with zero attached hydrogens (tertiary/aromatic N) is 1. The van der Waals surface area contributed by atoms with Gasteiger partial charge in [-0.3, -0.25) is 0 Å². The van der Waals surface area contributed by atoms with Crippen molar-refractivity contribution < 1.29 is 8.81 Å². The minimum atomic E-state index is -0.318. The van der Waals surface area contributed by atoms with Gasteiger partial charge in [-0.1, -0.05) is 12.1 Å². The van der Waals surface area contributed by atoms with Crippen LogP contribution in [0.15, 0.2) is 34.9 Å². The molecular formula is C11H11FN2O. The molecule has 1 aromatic heterocycles. The molecule has 0 fully saturated rings. The highest BCUT2D eigenvalue weighted by Crippen LogP contribution is 2.22. The van der Waals surface area contributed by atoms with Gasteiger partial charge in [0.2, 0.25) is 5.89 Å². The molecule has 0 radical (unpaired) electrons. The number of nitrogens with two attached hydrogens (primary N) is 1. The fourth-order valence-electron chi connectivity index (χ4n) is 1.29. The molecule has 3 nitrogen and oxygen atoms in total. The maximum Gasteiger partial charge on any atom is 0.211 e. The van der Waals surface area contributed by atoms with E-state index in [9.17, 15) is 4.39 Å². The highest BCUT2D eigenvalue weighted by atomic mass is 19.1. The second-order valence-electron chi connectivity index (χ2n) is 3.34. The zero-order valence-electron chi connectivity index (χ0n) is 8.27. The normalized spacial score (nSPS) is 12.7. The molecule has 2 rings (SSSR count). The van der Waals surface area contributed by atoms with E-state index in [1.54, 1.807) is 25.1 Å². The molecule has 1 unspecified atom stereocenters. The van der Waals surface area contributed by atoms with Crippen molar-refractivity contribution in [2.24, 2.45) is 5.73 Å². The van der Waals surface area contributed by atoms with Crippen molar-refractivity contribution in [2.45, 2.75) is 13.0 Å². The predicted octanol–water partition coefficient (Wildman–Crippen LogP) is 2.50. The summed E-state index contributed by atoms with van der Waals surface area (Å²) in [6.07, 6.45) is 1.41. The summed E-state index contributed by atoms with van der Waals surface area (Å²) in [7, 11) is 0. The molecule has 78 valence electrons. The van der Waals surface area contributed by atoms with Crippen LogP contribution in [0.5, 0.6) is 0 Å². The van der Waals surface area contributed by atoms with Crippen molar-refractivity contribution in [2.75, 3.05) is 0 Å². The van der Waals surface area contributed by atoms with Crippen molar-refractivity contribution in [3.8, 4) is 11.3 Å². The molecule has 15 heavy (non-hydrogen) atoms. The van der Waals surface area contributed by atoms with Crippen molar-refractivity contribution >= 4 is 0 Å². The molecule has 0 aliphatic carbocycles. The zero-order chi connectivity index (χ0) is 10.8. The first kappa shape index (κ1) is 9.86. The zero-order valence-corrected chi connectivity index (χ0v) is 8.27. The predicted molar refractivity (Wildman–Crippen MR) is 54.5 cm³/mol. The van der Waals surface area contributed by atoms with Crippen LogP contribution in [0.25, 0.3) is 11.3 Å². The summed E-state index contributed by atoms with van der Waals surface area (Å²) < 4.78 is 18.5. The van der Waals surface area contributed by atoms with Gasteiger partial charge >= 0.3 is 0 Å². The van der Waals surface area contributed by atoms with E-state index in [0.717, 1.165) is 0 Å². The van der Waals surface area contributed by atoms with Gasteiger partial charge in [0.05, 0.1) is 6.04 Å². The van der Waals surface area contributed by atoms with Gasteiger partial charge in [0, 0.05) is 5.56 Å². The number of oxazole rings is 1. The van der Waals surface area contributed by atoms with Crippen LogP contribution >= 0.6 is 0 Å². The topological polar surface area (TPSA) is 52.0 Å². The summed E-state index contributed by atoms with van der Waals surface area (Å²) in [5.74, 6) is 0.0928. The Morgan fingerprint density at radius 1 is 1.40 bits per heavy atom. The van der Waals surface area contributed by atoms with E-state index >= 15 is 0 Å². The molecule has 1 atom stereocenters. The Morgan fingerprint density at radius 2 is 2.13 bits per heavy atom. The molecule has 0 amide bonds. The van der Waals surface area contributed by atoms with Gasteiger partial charge < -0.3 is 10.2 Å². The number of aromatic nitrogens is 1. The van der Waals surface area contributed by atoms with Crippen LogP contribution in [0.2, 0.25) is 0 Å². The average molecular weight is 206 g/mol. The molecule has 0 aliphatic heterocycles. The third kappa shape index (κ3) is 1.89. The molecule has 0 spiro atoms. The van der Waals surface area contributed by atoms with E-state index in [0.29, 0.717) is 17.1 Å². The lowest BCUT2D eigenvalue weighted by molar-refractivity contribution is 0.464. The lowest BCUT2D eigenvalue weighted by atomic mass is 10.1. The van der Waals surface area contributed by atoms with E-state index in [4.69, 9.17) is 10.2 Å². The molecular weight excluding hydrogens is 195 g/mol. The highest BCUT2D eigenvalue weighted by Gasteiger charge is 2.11.